The van der Waals surface area contributed by atoms with E-state index in [2.05, 4.69) is 15.5 Å². The average Bonchev–Trinajstić information content (AvgIpc) is 3.03. The van der Waals surface area contributed by atoms with Crippen LogP contribution in [0.5, 0.6) is 0 Å². The fraction of sp³-hybridized carbons (Fsp3) is 0.833. The van der Waals surface area contributed by atoms with E-state index in [0.29, 0.717) is 18.3 Å². The molecule has 0 aliphatic carbocycles. The van der Waals surface area contributed by atoms with E-state index in [1.54, 1.807) is 7.11 Å². The first kappa shape index (κ1) is 13.5. The maximum atomic E-state index is 5.57. The molecule has 0 aromatic carbocycles. The lowest BCUT2D eigenvalue weighted by atomic mass is 10.2. The summed E-state index contributed by atoms with van der Waals surface area (Å²) in [7, 11) is 1.72. The minimum absolute atomic E-state index is 0.0767. The van der Waals surface area contributed by atoms with Gasteiger partial charge in [0.1, 0.15) is 6.10 Å². The molecule has 1 aromatic heterocycles. The quantitative estimate of drug-likeness (QED) is 0.832. The molecule has 1 aliphatic heterocycles. The molecular formula is C12H21N3O3. The fourth-order valence-corrected chi connectivity index (χ4v) is 2.17. The Balaban J connectivity index is 2.01. The standard InChI is InChI=1S/C12H21N3O3/c1-4-10(17-5-2)11-14-12(18-15-11)9-6-8(16-3)7-13-9/h8-10,13H,4-7H2,1-3H3/t8-,9+,10?/m0/s1. The number of hydrogen-bond acceptors (Lipinski definition) is 6. The molecule has 0 saturated carbocycles. The van der Waals surface area contributed by atoms with Crippen LogP contribution in [0.2, 0.25) is 0 Å². The molecule has 102 valence electrons. The second kappa shape index (κ2) is 6.26. The van der Waals surface area contributed by atoms with Crippen molar-refractivity contribution in [1.29, 1.82) is 0 Å². The van der Waals surface area contributed by atoms with Crippen LogP contribution in [0.3, 0.4) is 0 Å². The molecule has 2 rings (SSSR count). The molecular weight excluding hydrogens is 234 g/mol. The maximum Gasteiger partial charge on any atom is 0.243 e. The molecule has 18 heavy (non-hydrogen) atoms. The Bertz CT molecular complexity index is 369. The SMILES string of the molecule is CCOC(CC)c1noc([C@H]2C[C@H](OC)CN2)n1. The van der Waals surface area contributed by atoms with Crippen LogP contribution in [0.1, 0.15) is 50.6 Å². The van der Waals surface area contributed by atoms with Crippen molar-refractivity contribution in [2.75, 3.05) is 20.3 Å². The number of aromatic nitrogens is 2. The Morgan fingerprint density at radius 2 is 2.33 bits per heavy atom. The van der Waals surface area contributed by atoms with Crippen molar-refractivity contribution >= 4 is 0 Å². The Labute approximate surface area is 107 Å². The van der Waals surface area contributed by atoms with Crippen molar-refractivity contribution < 1.29 is 14.0 Å². The van der Waals surface area contributed by atoms with Crippen LogP contribution in [-0.4, -0.2) is 36.5 Å². The van der Waals surface area contributed by atoms with E-state index in [4.69, 9.17) is 14.0 Å². The van der Waals surface area contributed by atoms with Gasteiger partial charge in [-0.25, -0.2) is 0 Å². The highest BCUT2D eigenvalue weighted by atomic mass is 16.5. The Morgan fingerprint density at radius 3 is 2.94 bits per heavy atom. The number of rotatable bonds is 6. The molecule has 2 heterocycles. The zero-order valence-corrected chi connectivity index (χ0v) is 11.2. The lowest BCUT2D eigenvalue weighted by molar-refractivity contribution is 0.0518. The van der Waals surface area contributed by atoms with E-state index < -0.39 is 0 Å². The number of nitrogens with one attached hydrogen (secondary N) is 1. The molecule has 1 N–H and O–H groups in total. The first-order valence-electron chi connectivity index (χ1n) is 6.49. The van der Waals surface area contributed by atoms with Gasteiger partial charge in [-0.1, -0.05) is 12.1 Å². The summed E-state index contributed by atoms with van der Waals surface area (Å²) >= 11 is 0. The van der Waals surface area contributed by atoms with Gasteiger partial charge < -0.3 is 19.3 Å². The lowest BCUT2D eigenvalue weighted by Crippen LogP contribution is -2.16. The Morgan fingerprint density at radius 1 is 1.50 bits per heavy atom. The van der Waals surface area contributed by atoms with Gasteiger partial charge in [0.25, 0.3) is 0 Å². The van der Waals surface area contributed by atoms with E-state index in [1.807, 2.05) is 13.8 Å². The summed E-state index contributed by atoms with van der Waals surface area (Å²) in [5, 5.41) is 7.32. The van der Waals surface area contributed by atoms with Gasteiger partial charge in [-0.3, -0.25) is 0 Å². The zero-order valence-electron chi connectivity index (χ0n) is 11.2. The van der Waals surface area contributed by atoms with E-state index in [1.165, 1.54) is 0 Å². The predicted octanol–water partition coefficient (Wildman–Crippen LogP) is 1.61. The summed E-state index contributed by atoms with van der Waals surface area (Å²) in [6.45, 7) is 5.48. The van der Waals surface area contributed by atoms with Gasteiger partial charge in [-0.15, -0.1) is 0 Å². The molecule has 0 amide bonds. The summed E-state index contributed by atoms with van der Waals surface area (Å²) < 4.78 is 16.2. The van der Waals surface area contributed by atoms with Crippen LogP contribution < -0.4 is 5.32 Å². The van der Waals surface area contributed by atoms with E-state index in [0.717, 1.165) is 19.4 Å². The maximum absolute atomic E-state index is 5.57. The highest BCUT2D eigenvalue weighted by Gasteiger charge is 2.30. The normalized spacial score (nSPS) is 25.5. The van der Waals surface area contributed by atoms with Gasteiger partial charge in [0.15, 0.2) is 0 Å². The second-order valence-corrected chi connectivity index (χ2v) is 4.40. The van der Waals surface area contributed by atoms with Gasteiger partial charge in [0.05, 0.1) is 12.1 Å². The topological polar surface area (TPSA) is 69.4 Å². The van der Waals surface area contributed by atoms with Crippen LogP contribution in [0.4, 0.5) is 0 Å². The van der Waals surface area contributed by atoms with Gasteiger partial charge in [0.2, 0.25) is 11.7 Å². The average molecular weight is 255 g/mol. The van der Waals surface area contributed by atoms with Crippen molar-refractivity contribution in [3.63, 3.8) is 0 Å². The van der Waals surface area contributed by atoms with Gasteiger partial charge in [0, 0.05) is 20.3 Å². The number of hydrogen-bond donors (Lipinski definition) is 1. The van der Waals surface area contributed by atoms with Crippen LogP contribution in [0.15, 0.2) is 4.52 Å². The van der Waals surface area contributed by atoms with Crippen molar-refractivity contribution in [3.8, 4) is 0 Å². The van der Waals surface area contributed by atoms with Crippen molar-refractivity contribution in [2.24, 2.45) is 0 Å². The minimum Gasteiger partial charge on any atom is -0.380 e. The Hall–Kier alpha value is -0.980. The molecule has 3 atom stereocenters. The van der Waals surface area contributed by atoms with Crippen LogP contribution in [0.25, 0.3) is 0 Å². The third-order valence-electron chi connectivity index (χ3n) is 3.21. The number of nitrogens with zero attached hydrogens (tertiary/aromatic N) is 2. The predicted molar refractivity (Wildman–Crippen MR) is 65.1 cm³/mol. The molecule has 1 aliphatic rings. The fourth-order valence-electron chi connectivity index (χ4n) is 2.17. The molecule has 1 fully saturated rings. The van der Waals surface area contributed by atoms with E-state index >= 15 is 0 Å². The number of methoxy groups -OCH3 is 1. The highest BCUT2D eigenvalue weighted by Crippen LogP contribution is 2.25. The molecule has 0 bridgehead atoms. The van der Waals surface area contributed by atoms with Crippen molar-refractivity contribution in [2.45, 2.75) is 44.9 Å². The minimum atomic E-state index is -0.0767. The van der Waals surface area contributed by atoms with Crippen LogP contribution >= 0.6 is 0 Å². The summed E-state index contributed by atoms with van der Waals surface area (Å²) in [4.78, 5) is 4.43. The van der Waals surface area contributed by atoms with Crippen LogP contribution in [0, 0.1) is 0 Å². The molecule has 1 saturated heterocycles. The molecule has 6 nitrogen and oxygen atoms in total. The van der Waals surface area contributed by atoms with Crippen LogP contribution in [-0.2, 0) is 9.47 Å². The largest absolute Gasteiger partial charge is 0.380 e. The summed E-state index contributed by atoms with van der Waals surface area (Å²) in [6, 6.07) is 0.0929. The van der Waals surface area contributed by atoms with Gasteiger partial charge >= 0.3 is 0 Å². The second-order valence-electron chi connectivity index (χ2n) is 4.40. The van der Waals surface area contributed by atoms with E-state index in [-0.39, 0.29) is 18.2 Å². The highest BCUT2D eigenvalue weighted by molar-refractivity contribution is 4.99. The van der Waals surface area contributed by atoms with Crippen molar-refractivity contribution in [1.82, 2.24) is 15.5 Å². The zero-order chi connectivity index (χ0) is 13.0. The third kappa shape index (κ3) is 2.88. The Kier molecular flexibility index (Phi) is 4.68. The van der Waals surface area contributed by atoms with Crippen molar-refractivity contribution in [3.05, 3.63) is 11.7 Å². The smallest absolute Gasteiger partial charge is 0.243 e. The molecule has 6 heteroatoms. The molecule has 1 aromatic rings. The molecule has 0 radical (unpaired) electrons. The lowest BCUT2D eigenvalue weighted by Gasteiger charge is -2.09. The molecule has 1 unspecified atom stereocenters. The van der Waals surface area contributed by atoms with Gasteiger partial charge in [-0.2, -0.15) is 4.98 Å². The first-order valence-corrected chi connectivity index (χ1v) is 6.49. The third-order valence-corrected chi connectivity index (χ3v) is 3.21. The first-order chi connectivity index (χ1) is 8.78. The number of ether oxygens (including phenoxy) is 2. The molecule has 0 spiro atoms. The summed E-state index contributed by atoms with van der Waals surface area (Å²) in [6.07, 6.45) is 1.85. The summed E-state index contributed by atoms with van der Waals surface area (Å²) in [5.74, 6) is 1.26. The monoisotopic (exact) mass is 255 g/mol. The summed E-state index contributed by atoms with van der Waals surface area (Å²) in [5.41, 5.74) is 0. The van der Waals surface area contributed by atoms with E-state index in [9.17, 15) is 0 Å². The van der Waals surface area contributed by atoms with Gasteiger partial charge in [-0.05, 0) is 19.8 Å².